The molecular weight excluding hydrogens is 236 g/mol. The third-order valence-electron chi connectivity index (χ3n) is 4.93. The van der Waals surface area contributed by atoms with Crippen molar-refractivity contribution in [3.05, 3.63) is 35.5 Å². The Morgan fingerprint density at radius 1 is 1.42 bits per heavy atom. The number of β-amino-alcohol motifs (C(OH)–C–C–N with tert-alkyl or cyclic N) is 1. The van der Waals surface area contributed by atoms with Crippen LogP contribution in [0.3, 0.4) is 0 Å². The first-order chi connectivity index (χ1) is 9.05. The van der Waals surface area contributed by atoms with Crippen molar-refractivity contribution in [3.8, 4) is 0 Å². The van der Waals surface area contributed by atoms with Crippen LogP contribution in [-0.2, 0) is 6.42 Å². The zero-order chi connectivity index (χ0) is 13.2. The topological polar surface area (TPSA) is 39.3 Å². The molecule has 2 heterocycles. The van der Waals surface area contributed by atoms with Gasteiger partial charge in [0.1, 0.15) is 0 Å². The second-order valence-electron chi connectivity index (χ2n) is 6.58. The number of hydrogen-bond donors (Lipinski definition) is 2. The third kappa shape index (κ3) is 1.58. The number of rotatable bonds is 0. The molecule has 1 aliphatic heterocycles. The van der Waals surface area contributed by atoms with Crippen molar-refractivity contribution < 1.29 is 5.11 Å². The fourth-order valence-corrected chi connectivity index (χ4v) is 4.23. The van der Waals surface area contributed by atoms with E-state index in [2.05, 4.69) is 41.3 Å². The Bertz CT molecular complexity index is 643. The van der Waals surface area contributed by atoms with E-state index < -0.39 is 5.60 Å². The third-order valence-corrected chi connectivity index (χ3v) is 4.93. The molecule has 0 amide bonds. The van der Waals surface area contributed by atoms with Gasteiger partial charge in [-0.1, -0.05) is 12.1 Å². The first-order valence-corrected chi connectivity index (χ1v) is 7.07. The minimum atomic E-state index is -0.577. The zero-order valence-electron chi connectivity index (χ0n) is 11.5. The number of H-pyrrole nitrogens is 1. The highest BCUT2D eigenvalue weighted by Gasteiger charge is 2.43. The molecule has 19 heavy (non-hydrogen) atoms. The highest BCUT2D eigenvalue weighted by atomic mass is 16.3. The van der Waals surface area contributed by atoms with Crippen molar-refractivity contribution in [1.29, 1.82) is 0 Å². The fraction of sp³-hybridized carbons (Fsp3) is 0.500. The molecule has 1 aromatic heterocycles. The molecule has 2 N–H and O–H groups in total. The van der Waals surface area contributed by atoms with Gasteiger partial charge in [-0.15, -0.1) is 0 Å². The Hall–Kier alpha value is -1.32. The molecule has 100 valence electrons. The number of likely N-dealkylation sites (tertiary alicyclic amines) is 1. The van der Waals surface area contributed by atoms with E-state index in [1.807, 2.05) is 6.92 Å². The number of hydrogen-bond acceptors (Lipinski definition) is 2. The number of nitrogens with one attached hydrogen (secondary N) is 1. The fourth-order valence-electron chi connectivity index (χ4n) is 4.23. The average molecular weight is 256 g/mol. The van der Waals surface area contributed by atoms with Crippen molar-refractivity contribution >= 4 is 10.9 Å². The molecule has 1 saturated heterocycles. The molecule has 0 radical (unpaired) electrons. The summed E-state index contributed by atoms with van der Waals surface area (Å²) in [4.78, 5) is 5.72. The maximum Gasteiger partial charge on any atom is 0.0752 e. The van der Waals surface area contributed by atoms with Crippen LogP contribution in [0.4, 0.5) is 0 Å². The van der Waals surface area contributed by atoms with Gasteiger partial charge in [0.2, 0.25) is 0 Å². The smallest absolute Gasteiger partial charge is 0.0752 e. The Labute approximate surface area is 113 Å². The molecule has 2 aliphatic rings. The number of aromatic nitrogens is 1. The zero-order valence-corrected chi connectivity index (χ0v) is 11.5. The molecular formula is C16H20N2O. The molecule has 3 nitrogen and oxygen atoms in total. The van der Waals surface area contributed by atoms with Gasteiger partial charge in [-0.05, 0) is 44.0 Å². The summed E-state index contributed by atoms with van der Waals surface area (Å²) in [5.41, 5.74) is 3.50. The van der Waals surface area contributed by atoms with E-state index in [0.717, 1.165) is 19.4 Å². The maximum absolute atomic E-state index is 10.5. The number of benzene rings is 1. The molecule has 3 atom stereocenters. The predicted octanol–water partition coefficient (Wildman–Crippen LogP) is 2.26. The number of aromatic amines is 1. The predicted molar refractivity (Wildman–Crippen MR) is 76.4 cm³/mol. The molecule has 0 bridgehead atoms. The van der Waals surface area contributed by atoms with Crippen molar-refractivity contribution in [2.24, 2.45) is 0 Å². The summed E-state index contributed by atoms with van der Waals surface area (Å²) in [5.74, 6) is 0.445. The van der Waals surface area contributed by atoms with Gasteiger partial charge in [-0.2, -0.15) is 0 Å². The lowest BCUT2D eigenvalue weighted by atomic mass is 9.71. The van der Waals surface area contributed by atoms with Gasteiger partial charge < -0.3 is 10.1 Å². The molecule has 1 fully saturated rings. The summed E-state index contributed by atoms with van der Waals surface area (Å²) in [6.07, 6.45) is 4.12. The number of fused-ring (bicyclic) bond motifs is 2. The molecule has 3 unspecified atom stereocenters. The van der Waals surface area contributed by atoms with Gasteiger partial charge in [0.25, 0.3) is 0 Å². The van der Waals surface area contributed by atoms with E-state index in [1.54, 1.807) is 0 Å². The molecule has 0 saturated carbocycles. The SMILES string of the molecule is CN1CC(C)(O)CC2c3cccc4[nH]cc(c34)CC21. The van der Waals surface area contributed by atoms with Gasteiger partial charge in [0, 0.05) is 35.6 Å². The van der Waals surface area contributed by atoms with Gasteiger partial charge in [-0.3, -0.25) is 4.90 Å². The van der Waals surface area contributed by atoms with Crippen LogP contribution in [0, 0.1) is 0 Å². The number of aliphatic hydroxyl groups is 1. The first kappa shape index (κ1) is 11.5. The lowest BCUT2D eigenvalue weighted by Gasteiger charge is -2.48. The lowest BCUT2D eigenvalue weighted by Crippen LogP contribution is -2.54. The lowest BCUT2D eigenvalue weighted by molar-refractivity contribution is -0.0402. The van der Waals surface area contributed by atoms with E-state index in [-0.39, 0.29) is 0 Å². The van der Waals surface area contributed by atoms with Gasteiger partial charge in [0.15, 0.2) is 0 Å². The van der Waals surface area contributed by atoms with Crippen LogP contribution in [0.25, 0.3) is 10.9 Å². The van der Waals surface area contributed by atoms with Crippen LogP contribution in [0.1, 0.15) is 30.4 Å². The molecule has 4 rings (SSSR count). The second-order valence-corrected chi connectivity index (χ2v) is 6.58. The Kier molecular flexibility index (Phi) is 2.19. The summed E-state index contributed by atoms with van der Waals surface area (Å²) < 4.78 is 0. The summed E-state index contributed by atoms with van der Waals surface area (Å²) >= 11 is 0. The van der Waals surface area contributed by atoms with Crippen molar-refractivity contribution in [2.75, 3.05) is 13.6 Å². The number of piperidine rings is 1. The summed E-state index contributed by atoms with van der Waals surface area (Å²) in [5, 5.41) is 11.9. The van der Waals surface area contributed by atoms with Crippen LogP contribution >= 0.6 is 0 Å². The van der Waals surface area contributed by atoms with Crippen LogP contribution in [0.5, 0.6) is 0 Å². The minimum absolute atomic E-state index is 0.445. The summed E-state index contributed by atoms with van der Waals surface area (Å²) in [7, 11) is 2.14. The molecule has 0 spiro atoms. The van der Waals surface area contributed by atoms with Crippen molar-refractivity contribution in [3.63, 3.8) is 0 Å². The van der Waals surface area contributed by atoms with E-state index >= 15 is 0 Å². The van der Waals surface area contributed by atoms with E-state index in [9.17, 15) is 5.11 Å². The molecule has 3 heteroatoms. The van der Waals surface area contributed by atoms with Gasteiger partial charge >= 0.3 is 0 Å². The highest BCUT2D eigenvalue weighted by Crippen LogP contribution is 2.45. The largest absolute Gasteiger partial charge is 0.389 e. The summed E-state index contributed by atoms with van der Waals surface area (Å²) in [6, 6.07) is 7.04. The second kappa shape index (κ2) is 3.62. The monoisotopic (exact) mass is 256 g/mol. The minimum Gasteiger partial charge on any atom is -0.389 e. The van der Waals surface area contributed by atoms with Gasteiger partial charge in [-0.25, -0.2) is 0 Å². The van der Waals surface area contributed by atoms with Crippen molar-refractivity contribution in [2.45, 2.75) is 37.3 Å². The summed E-state index contributed by atoms with van der Waals surface area (Å²) in [6.45, 7) is 2.73. The average Bonchev–Trinajstić information content (AvgIpc) is 2.75. The van der Waals surface area contributed by atoms with Crippen LogP contribution in [-0.4, -0.2) is 40.2 Å². The Morgan fingerprint density at radius 2 is 2.26 bits per heavy atom. The normalized spacial score (nSPS) is 34.5. The van der Waals surface area contributed by atoms with E-state index in [1.165, 1.54) is 22.0 Å². The Morgan fingerprint density at radius 3 is 3.11 bits per heavy atom. The number of nitrogens with zero attached hydrogens (tertiary/aromatic N) is 1. The van der Waals surface area contributed by atoms with Crippen LogP contribution in [0.15, 0.2) is 24.4 Å². The van der Waals surface area contributed by atoms with Gasteiger partial charge in [0.05, 0.1) is 5.60 Å². The number of likely N-dealkylation sites (N-methyl/N-ethyl adjacent to an activating group) is 1. The van der Waals surface area contributed by atoms with E-state index in [0.29, 0.717) is 12.0 Å². The standard InChI is InChI=1S/C16H20N2O/c1-16(19)7-12-11-4-3-5-13-15(11)10(8-17-13)6-14(12)18(2)9-16/h3-5,8,12,14,17,19H,6-7,9H2,1-2H3. The van der Waals surface area contributed by atoms with Crippen molar-refractivity contribution in [1.82, 2.24) is 9.88 Å². The molecule has 1 aliphatic carbocycles. The van der Waals surface area contributed by atoms with Crippen LogP contribution in [0.2, 0.25) is 0 Å². The van der Waals surface area contributed by atoms with E-state index in [4.69, 9.17) is 0 Å². The highest BCUT2D eigenvalue weighted by molar-refractivity contribution is 5.88. The Balaban J connectivity index is 1.91. The van der Waals surface area contributed by atoms with Crippen LogP contribution < -0.4 is 0 Å². The quantitative estimate of drug-likeness (QED) is 0.759. The first-order valence-electron chi connectivity index (χ1n) is 7.07. The molecule has 2 aromatic rings. The maximum atomic E-state index is 10.5. The molecule has 1 aromatic carbocycles.